The molecule has 0 bridgehead atoms. The standard InChI is InChI=1S/C27H23N3O5/c31-24-13-7-4-10-18(24)14-22(29-25(32)17-8-2-1-3-9-17)26(33)30-23(27(34)35)15-19-16-28-21-12-6-5-11-20(19)21/h1-14,16,23,28,31H,15H2,(H,29,32)(H,30,33)(H,34,35)/b22-14-. The highest BCUT2D eigenvalue weighted by Gasteiger charge is 2.25. The van der Waals surface area contributed by atoms with E-state index < -0.39 is 23.8 Å². The molecule has 4 rings (SSSR count). The predicted octanol–water partition coefficient (Wildman–Crippen LogP) is 3.46. The van der Waals surface area contributed by atoms with Crippen LogP contribution in [0.3, 0.4) is 0 Å². The summed E-state index contributed by atoms with van der Waals surface area (Å²) in [5, 5.41) is 25.8. The molecule has 0 saturated carbocycles. The maximum atomic E-state index is 13.2. The number of hydrogen-bond donors (Lipinski definition) is 5. The first-order chi connectivity index (χ1) is 16.9. The smallest absolute Gasteiger partial charge is 0.326 e. The number of aromatic amines is 1. The minimum Gasteiger partial charge on any atom is -0.507 e. The number of fused-ring (bicyclic) bond motifs is 1. The highest BCUT2D eigenvalue weighted by Crippen LogP contribution is 2.21. The first-order valence-corrected chi connectivity index (χ1v) is 10.9. The Labute approximate surface area is 200 Å². The molecule has 0 aliphatic heterocycles. The van der Waals surface area contributed by atoms with Gasteiger partial charge >= 0.3 is 5.97 Å². The minimum atomic E-state index is -1.26. The number of H-pyrrole nitrogens is 1. The van der Waals surface area contributed by atoms with Crippen LogP contribution >= 0.6 is 0 Å². The van der Waals surface area contributed by atoms with Crippen LogP contribution in [0.1, 0.15) is 21.5 Å². The lowest BCUT2D eigenvalue weighted by molar-refractivity contribution is -0.141. The zero-order valence-electron chi connectivity index (χ0n) is 18.6. The molecule has 0 aliphatic rings. The minimum absolute atomic E-state index is 0.0294. The van der Waals surface area contributed by atoms with Gasteiger partial charge < -0.3 is 25.8 Å². The Hall–Kier alpha value is -4.85. The average Bonchev–Trinajstić information content (AvgIpc) is 3.27. The van der Waals surface area contributed by atoms with Gasteiger partial charge in [0, 0.05) is 34.6 Å². The zero-order valence-corrected chi connectivity index (χ0v) is 18.6. The number of para-hydroxylation sites is 2. The van der Waals surface area contributed by atoms with Crippen LogP contribution in [0, 0.1) is 0 Å². The molecular weight excluding hydrogens is 446 g/mol. The summed E-state index contributed by atoms with van der Waals surface area (Å²) in [5.74, 6) is -2.67. The van der Waals surface area contributed by atoms with Crippen LogP contribution in [0.15, 0.2) is 90.8 Å². The first kappa shape index (κ1) is 23.3. The summed E-state index contributed by atoms with van der Waals surface area (Å²) in [6.45, 7) is 0. The molecule has 8 heteroatoms. The van der Waals surface area contributed by atoms with E-state index in [0.29, 0.717) is 5.56 Å². The number of benzene rings is 3. The predicted molar refractivity (Wildman–Crippen MR) is 132 cm³/mol. The number of rotatable bonds is 8. The van der Waals surface area contributed by atoms with E-state index in [2.05, 4.69) is 15.6 Å². The number of phenols is 1. The number of aromatic hydroxyl groups is 1. The van der Waals surface area contributed by atoms with E-state index >= 15 is 0 Å². The maximum absolute atomic E-state index is 13.2. The largest absolute Gasteiger partial charge is 0.507 e. The molecule has 0 radical (unpaired) electrons. The van der Waals surface area contributed by atoms with Crippen molar-refractivity contribution in [2.24, 2.45) is 0 Å². The molecule has 1 heterocycles. The Bertz CT molecular complexity index is 1410. The Morgan fingerprint density at radius 3 is 2.34 bits per heavy atom. The van der Waals surface area contributed by atoms with Gasteiger partial charge in [-0.1, -0.05) is 54.6 Å². The summed E-state index contributed by atoms with van der Waals surface area (Å²) in [6, 6.07) is 20.8. The molecular formula is C27H23N3O5. The second kappa shape index (κ2) is 10.4. The lowest BCUT2D eigenvalue weighted by atomic mass is 10.0. The van der Waals surface area contributed by atoms with Crippen molar-refractivity contribution < 1.29 is 24.6 Å². The summed E-state index contributed by atoms with van der Waals surface area (Å²) in [5.41, 5.74) is 1.98. The number of amides is 2. The first-order valence-electron chi connectivity index (χ1n) is 10.9. The molecule has 4 aromatic rings. The SMILES string of the molecule is O=C(NC(Cc1c[nH]c2ccccc12)C(=O)O)/C(=C/c1ccccc1O)NC(=O)c1ccccc1. The maximum Gasteiger partial charge on any atom is 0.326 e. The Kier molecular flexibility index (Phi) is 6.92. The van der Waals surface area contributed by atoms with Crippen LogP contribution in [0.2, 0.25) is 0 Å². The molecule has 1 aromatic heterocycles. The third-order valence-electron chi connectivity index (χ3n) is 5.47. The number of phenolic OH excluding ortho intramolecular Hbond substituents is 1. The molecule has 35 heavy (non-hydrogen) atoms. The molecule has 0 fully saturated rings. The van der Waals surface area contributed by atoms with Crippen LogP contribution in [0.5, 0.6) is 5.75 Å². The fourth-order valence-electron chi connectivity index (χ4n) is 3.66. The number of nitrogens with one attached hydrogen (secondary N) is 3. The van der Waals surface area contributed by atoms with E-state index in [0.717, 1.165) is 16.5 Å². The van der Waals surface area contributed by atoms with Gasteiger partial charge in [0.25, 0.3) is 11.8 Å². The number of aliphatic carboxylic acids is 1. The van der Waals surface area contributed by atoms with E-state index in [1.54, 1.807) is 54.7 Å². The molecule has 0 aliphatic carbocycles. The number of carbonyl (C=O) groups excluding carboxylic acids is 2. The third-order valence-corrected chi connectivity index (χ3v) is 5.47. The summed E-state index contributed by atoms with van der Waals surface area (Å²) in [6.07, 6.45) is 3.04. The van der Waals surface area contributed by atoms with Crippen LogP contribution in [-0.4, -0.2) is 39.0 Å². The van der Waals surface area contributed by atoms with Gasteiger partial charge in [-0.15, -0.1) is 0 Å². The Morgan fingerprint density at radius 2 is 1.60 bits per heavy atom. The van der Waals surface area contributed by atoms with Gasteiger partial charge in [0.05, 0.1) is 0 Å². The number of hydrogen-bond acceptors (Lipinski definition) is 4. The average molecular weight is 469 g/mol. The van der Waals surface area contributed by atoms with Gasteiger partial charge in [-0.2, -0.15) is 0 Å². The molecule has 3 aromatic carbocycles. The molecule has 5 N–H and O–H groups in total. The zero-order chi connectivity index (χ0) is 24.8. The second-order valence-corrected chi connectivity index (χ2v) is 7.86. The van der Waals surface area contributed by atoms with Crippen molar-refractivity contribution in [1.29, 1.82) is 0 Å². The second-order valence-electron chi connectivity index (χ2n) is 7.86. The van der Waals surface area contributed by atoms with Gasteiger partial charge in [0.15, 0.2) is 0 Å². The van der Waals surface area contributed by atoms with E-state index in [4.69, 9.17) is 0 Å². The van der Waals surface area contributed by atoms with Crippen molar-refractivity contribution in [2.45, 2.75) is 12.5 Å². The van der Waals surface area contributed by atoms with Crippen LogP contribution in [0.25, 0.3) is 17.0 Å². The van der Waals surface area contributed by atoms with Crippen molar-refractivity contribution in [3.05, 3.63) is 107 Å². The molecule has 8 nitrogen and oxygen atoms in total. The van der Waals surface area contributed by atoms with Crippen molar-refractivity contribution in [2.75, 3.05) is 0 Å². The van der Waals surface area contributed by atoms with Crippen LogP contribution < -0.4 is 10.6 Å². The number of carboxylic acid groups (broad SMARTS) is 1. The van der Waals surface area contributed by atoms with Crippen molar-refractivity contribution in [3.8, 4) is 5.75 Å². The number of carboxylic acids is 1. The normalized spacial score (nSPS) is 12.2. The lowest BCUT2D eigenvalue weighted by Gasteiger charge is -2.17. The quantitative estimate of drug-likeness (QED) is 0.252. The monoisotopic (exact) mass is 469 g/mol. The van der Waals surface area contributed by atoms with E-state index in [1.165, 1.54) is 12.1 Å². The van der Waals surface area contributed by atoms with Crippen molar-refractivity contribution in [1.82, 2.24) is 15.6 Å². The van der Waals surface area contributed by atoms with Crippen LogP contribution in [0.4, 0.5) is 0 Å². The summed E-state index contributed by atoms with van der Waals surface area (Å²) in [7, 11) is 0. The highest BCUT2D eigenvalue weighted by atomic mass is 16.4. The Balaban J connectivity index is 1.61. The Morgan fingerprint density at radius 1 is 0.914 bits per heavy atom. The molecule has 2 amide bonds. The van der Waals surface area contributed by atoms with Crippen molar-refractivity contribution in [3.63, 3.8) is 0 Å². The van der Waals surface area contributed by atoms with Gasteiger partial charge in [-0.25, -0.2) is 4.79 Å². The molecule has 0 spiro atoms. The van der Waals surface area contributed by atoms with E-state index in [-0.39, 0.29) is 23.4 Å². The van der Waals surface area contributed by atoms with Gasteiger partial charge in [-0.05, 0) is 35.9 Å². The van der Waals surface area contributed by atoms with Gasteiger partial charge in [0.2, 0.25) is 0 Å². The summed E-state index contributed by atoms with van der Waals surface area (Å²) >= 11 is 0. The summed E-state index contributed by atoms with van der Waals surface area (Å²) < 4.78 is 0. The van der Waals surface area contributed by atoms with Crippen LogP contribution in [-0.2, 0) is 16.0 Å². The van der Waals surface area contributed by atoms with E-state index in [9.17, 15) is 24.6 Å². The topological polar surface area (TPSA) is 132 Å². The molecule has 1 atom stereocenters. The van der Waals surface area contributed by atoms with Crippen molar-refractivity contribution >= 4 is 34.8 Å². The van der Waals surface area contributed by atoms with Gasteiger partial charge in [0.1, 0.15) is 17.5 Å². The number of carbonyl (C=O) groups is 3. The van der Waals surface area contributed by atoms with Gasteiger partial charge in [-0.3, -0.25) is 9.59 Å². The third kappa shape index (κ3) is 5.56. The number of aromatic nitrogens is 1. The highest BCUT2D eigenvalue weighted by molar-refractivity contribution is 6.06. The molecule has 1 unspecified atom stereocenters. The molecule has 0 saturated heterocycles. The fraction of sp³-hybridized carbons (Fsp3) is 0.0741. The molecule has 176 valence electrons. The van der Waals surface area contributed by atoms with E-state index in [1.807, 2.05) is 24.3 Å². The lowest BCUT2D eigenvalue weighted by Crippen LogP contribution is -2.45. The summed E-state index contributed by atoms with van der Waals surface area (Å²) in [4.78, 5) is 41.0. The fourth-order valence-corrected chi connectivity index (χ4v) is 3.66.